The van der Waals surface area contributed by atoms with E-state index < -0.39 is 0 Å². The first kappa shape index (κ1) is 22.3. The zero-order valence-corrected chi connectivity index (χ0v) is 20.1. The van der Waals surface area contributed by atoms with Crippen LogP contribution in [-0.2, 0) is 14.2 Å². The third-order valence-corrected chi connectivity index (χ3v) is 7.52. The molecule has 2 aromatic rings. The molecule has 4 heterocycles. The minimum Gasteiger partial charge on any atom is -0.473 e. The highest BCUT2D eigenvalue weighted by Gasteiger charge is 2.47. The number of fused-ring (bicyclic) bond motifs is 3. The van der Waals surface area contributed by atoms with E-state index in [4.69, 9.17) is 31.1 Å². The molecule has 4 aliphatic rings. The van der Waals surface area contributed by atoms with Gasteiger partial charge < -0.3 is 29.0 Å². The van der Waals surface area contributed by atoms with Crippen LogP contribution in [0.5, 0.6) is 0 Å². The van der Waals surface area contributed by atoms with Crippen molar-refractivity contribution in [1.29, 1.82) is 5.26 Å². The summed E-state index contributed by atoms with van der Waals surface area (Å²) in [5.41, 5.74) is 1.83. The lowest BCUT2D eigenvalue weighted by Gasteiger charge is -2.46. The number of aliphatic imine (C=N–C) groups is 1. The lowest BCUT2D eigenvalue weighted by Crippen LogP contribution is -2.58. The van der Waals surface area contributed by atoms with Gasteiger partial charge in [0, 0.05) is 31.1 Å². The monoisotopic (exact) mass is 495 g/mol. The van der Waals surface area contributed by atoms with Crippen LogP contribution in [-0.4, -0.2) is 66.1 Å². The van der Waals surface area contributed by atoms with E-state index in [0.717, 1.165) is 29.9 Å². The number of likely N-dealkylation sites (tertiary alicyclic amines) is 1. The Morgan fingerprint density at radius 2 is 2.06 bits per heavy atom. The first-order chi connectivity index (χ1) is 16.9. The van der Waals surface area contributed by atoms with Crippen LogP contribution in [0.1, 0.15) is 30.9 Å². The predicted octanol–water partition coefficient (Wildman–Crippen LogP) is 3.78. The van der Waals surface area contributed by atoms with Crippen LogP contribution < -0.4 is 5.32 Å². The van der Waals surface area contributed by atoms with Gasteiger partial charge in [0.1, 0.15) is 24.2 Å². The molecule has 3 fully saturated rings. The number of benzene rings is 1. The average molecular weight is 496 g/mol. The first-order valence-electron chi connectivity index (χ1n) is 11.9. The minimum atomic E-state index is -0.290. The lowest BCUT2D eigenvalue weighted by molar-refractivity contribution is -0.114. The summed E-state index contributed by atoms with van der Waals surface area (Å²) in [6, 6.07) is 9.28. The van der Waals surface area contributed by atoms with Crippen molar-refractivity contribution in [3.63, 3.8) is 0 Å². The molecule has 2 saturated heterocycles. The second kappa shape index (κ2) is 8.47. The lowest BCUT2D eigenvalue weighted by atomic mass is 9.84. The van der Waals surface area contributed by atoms with Crippen molar-refractivity contribution in [3.8, 4) is 11.8 Å². The maximum absolute atomic E-state index is 12.7. The van der Waals surface area contributed by atoms with E-state index in [-0.39, 0.29) is 29.6 Å². The molecule has 182 valence electrons. The highest BCUT2D eigenvalue weighted by molar-refractivity contribution is 6.32. The van der Waals surface area contributed by atoms with Crippen LogP contribution >= 0.6 is 11.6 Å². The number of nitriles is 1. The number of hydrogen-bond acceptors (Lipinski definition) is 7. The standard InChI is InChI=1S/C25H26ClN5O4/c1-25(5-6-25)35-24(32)30-10-16-12-33-13-17(11-30)21(16)34-23-18-4-7-31(22(18)28-14-29-23)20-3-2-15(9-27)8-19(20)26/h2-4,7-8,16-17,21,28H,5-6,10-14H2,1H3. The van der Waals surface area contributed by atoms with Crippen LogP contribution in [0.15, 0.2) is 35.5 Å². The Kier molecular flexibility index (Phi) is 5.38. The van der Waals surface area contributed by atoms with Crippen molar-refractivity contribution in [2.24, 2.45) is 16.8 Å². The Balaban J connectivity index is 1.20. The van der Waals surface area contributed by atoms with Crippen LogP contribution in [0.25, 0.3) is 5.69 Å². The van der Waals surface area contributed by atoms with E-state index in [1.807, 2.05) is 29.8 Å². The number of aromatic nitrogens is 1. The van der Waals surface area contributed by atoms with Crippen molar-refractivity contribution < 1.29 is 19.0 Å². The van der Waals surface area contributed by atoms with Gasteiger partial charge in [-0.3, -0.25) is 0 Å². The smallest absolute Gasteiger partial charge is 0.410 e. The Labute approximate surface area is 208 Å². The van der Waals surface area contributed by atoms with Gasteiger partial charge in [-0.2, -0.15) is 5.26 Å². The molecule has 6 rings (SSSR count). The number of piperidine rings is 1. The molecule has 1 aromatic carbocycles. The highest BCUT2D eigenvalue weighted by atomic mass is 35.5. The van der Waals surface area contributed by atoms with E-state index in [0.29, 0.717) is 49.5 Å². The summed E-state index contributed by atoms with van der Waals surface area (Å²) in [5, 5.41) is 12.9. The van der Waals surface area contributed by atoms with E-state index >= 15 is 0 Å². The number of nitrogens with one attached hydrogen (secondary N) is 1. The molecule has 10 heteroatoms. The van der Waals surface area contributed by atoms with Crippen LogP contribution in [0.4, 0.5) is 10.6 Å². The molecule has 2 atom stereocenters. The zero-order chi connectivity index (χ0) is 24.2. The average Bonchev–Trinajstić information content (AvgIpc) is 3.40. The van der Waals surface area contributed by atoms with E-state index in [2.05, 4.69) is 16.4 Å². The molecule has 2 unspecified atom stereocenters. The molecule has 0 spiro atoms. The van der Waals surface area contributed by atoms with E-state index in [9.17, 15) is 4.79 Å². The SMILES string of the molecule is CC1(OC(=O)N2CC3COCC(C2)C3OC2=NCNc3c2ccn3-c2ccc(C#N)cc2Cl)CC1. The summed E-state index contributed by atoms with van der Waals surface area (Å²) in [6.45, 7) is 4.49. The molecular weight excluding hydrogens is 470 g/mol. The maximum atomic E-state index is 12.7. The molecule has 0 radical (unpaired) electrons. The van der Waals surface area contributed by atoms with Gasteiger partial charge in [0.25, 0.3) is 0 Å². The van der Waals surface area contributed by atoms with Crippen LogP contribution in [0.3, 0.4) is 0 Å². The van der Waals surface area contributed by atoms with E-state index in [1.165, 1.54) is 0 Å². The Hall–Kier alpha value is -3.22. The molecule has 1 aromatic heterocycles. The summed E-state index contributed by atoms with van der Waals surface area (Å²) < 4.78 is 20.0. The number of amides is 1. The van der Waals surface area contributed by atoms with E-state index in [1.54, 1.807) is 17.0 Å². The van der Waals surface area contributed by atoms with Crippen molar-refractivity contribution in [2.45, 2.75) is 31.5 Å². The van der Waals surface area contributed by atoms with Crippen molar-refractivity contribution in [1.82, 2.24) is 9.47 Å². The number of rotatable bonds is 3. The normalized spacial score (nSPS) is 26.0. The fourth-order valence-corrected chi connectivity index (χ4v) is 5.32. The van der Waals surface area contributed by atoms with Gasteiger partial charge in [0.15, 0.2) is 0 Å². The van der Waals surface area contributed by atoms with Gasteiger partial charge in [-0.05, 0) is 44.0 Å². The van der Waals surface area contributed by atoms with Gasteiger partial charge >= 0.3 is 6.09 Å². The molecule has 35 heavy (non-hydrogen) atoms. The number of hydrogen-bond donors (Lipinski definition) is 1. The van der Waals surface area contributed by atoms with Crippen molar-refractivity contribution in [3.05, 3.63) is 46.6 Å². The Morgan fingerprint density at radius 1 is 1.29 bits per heavy atom. The summed E-state index contributed by atoms with van der Waals surface area (Å²) in [6.07, 6.45) is 3.43. The number of carbonyl (C=O) groups is 1. The molecule has 3 aliphatic heterocycles. The molecule has 1 saturated carbocycles. The van der Waals surface area contributed by atoms with Gasteiger partial charge in [0.2, 0.25) is 5.90 Å². The summed E-state index contributed by atoms with van der Waals surface area (Å²) in [7, 11) is 0. The summed E-state index contributed by atoms with van der Waals surface area (Å²) in [4.78, 5) is 19.1. The summed E-state index contributed by atoms with van der Waals surface area (Å²) >= 11 is 6.46. The number of halogens is 1. The van der Waals surface area contributed by atoms with Gasteiger partial charge in [0.05, 0.1) is 41.1 Å². The third kappa shape index (κ3) is 4.11. The molecular formula is C25H26ClN5O4. The molecule has 9 nitrogen and oxygen atoms in total. The Morgan fingerprint density at radius 3 is 2.74 bits per heavy atom. The number of carbonyl (C=O) groups excluding carboxylic acids is 1. The fourth-order valence-electron chi connectivity index (χ4n) is 5.05. The molecule has 1 N–H and O–H groups in total. The van der Waals surface area contributed by atoms with Crippen molar-refractivity contribution in [2.75, 3.05) is 38.3 Å². The number of nitrogens with zero attached hydrogens (tertiary/aromatic N) is 4. The van der Waals surface area contributed by atoms with Crippen LogP contribution in [0.2, 0.25) is 5.02 Å². The second-order valence-corrected chi connectivity index (χ2v) is 10.3. The third-order valence-electron chi connectivity index (χ3n) is 7.22. The van der Waals surface area contributed by atoms with Gasteiger partial charge in [-0.1, -0.05) is 11.6 Å². The highest BCUT2D eigenvalue weighted by Crippen LogP contribution is 2.40. The molecule has 1 aliphatic carbocycles. The first-order valence-corrected chi connectivity index (χ1v) is 12.2. The minimum absolute atomic E-state index is 0.0400. The second-order valence-electron chi connectivity index (χ2n) is 9.89. The predicted molar refractivity (Wildman–Crippen MR) is 129 cm³/mol. The zero-order valence-electron chi connectivity index (χ0n) is 19.4. The van der Waals surface area contributed by atoms with Gasteiger partial charge in [-0.25, -0.2) is 9.79 Å². The topological polar surface area (TPSA) is 101 Å². The molecule has 2 bridgehead atoms. The largest absolute Gasteiger partial charge is 0.473 e. The van der Waals surface area contributed by atoms with Gasteiger partial charge in [-0.15, -0.1) is 0 Å². The fraction of sp³-hybridized carbons (Fsp3) is 0.480. The molecule has 1 amide bonds. The number of ether oxygens (including phenoxy) is 3. The Bertz CT molecular complexity index is 1230. The number of anilines is 1. The van der Waals surface area contributed by atoms with Crippen LogP contribution in [0, 0.1) is 23.2 Å². The summed E-state index contributed by atoms with van der Waals surface area (Å²) in [5.74, 6) is 1.49. The van der Waals surface area contributed by atoms with Crippen molar-refractivity contribution >= 4 is 29.4 Å². The maximum Gasteiger partial charge on any atom is 0.410 e. The quantitative estimate of drug-likeness (QED) is 0.695.